The van der Waals surface area contributed by atoms with Crippen molar-refractivity contribution in [1.82, 2.24) is 10.1 Å². The Morgan fingerprint density at radius 1 is 1.17 bits per heavy atom. The Hall–Kier alpha value is -2.95. The molecule has 5 rings (SSSR count). The van der Waals surface area contributed by atoms with Gasteiger partial charge in [-0.15, -0.1) is 0 Å². The number of pyridine rings is 1. The fourth-order valence-corrected chi connectivity index (χ4v) is 3.55. The molecule has 24 heavy (non-hydrogen) atoms. The first-order valence-corrected chi connectivity index (χ1v) is 8.05. The Balaban J connectivity index is 1.49. The van der Waals surface area contributed by atoms with Crippen LogP contribution in [0.5, 0.6) is 0 Å². The summed E-state index contributed by atoms with van der Waals surface area (Å²) in [5, 5.41) is 3.98. The SMILES string of the molecule is O=C(c1cc(-c2cccnc2)on1)N1CC2(CC2)c2ccccc21. The van der Waals surface area contributed by atoms with Gasteiger partial charge in [0.1, 0.15) is 0 Å². The minimum absolute atomic E-state index is 0.106. The first-order chi connectivity index (χ1) is 11.8. The van der Waals surface area contributed by atoms with Gasteiger partial charge >= 0.3 is 0 Å². The van der Waals surface area contributed by atoms with Crippen molar-refractivity contribution in [2.24, 2.45) is 0 Å². The predicted molar refractivity (Wildman–Crippen MR) is 88.8 cm³/mol. The molecule has 5 heteroatoms. The number of para-hydroxylation sites is 1. The molecule has 0 radical (unpaired) electrons. The molecule has 1 amide bonds. The van der Waals surface area contributed by atoms with E-state index in [2.05, 4.69) is 16.2 Å². The van der Waals surface area contributed by atoms with Crippen molar-refractivity contribution in [2.75, 3.05) is 11.4 Å². The molecule has 3 heterocycles. The third-order valence-corrected chi connectivity index (χ3v) is 5.00. The summed E-state index contributed by atoms with van der Waals surface area (Å²) in [5.41, 5.74) is 3.61. The van der Waals surface area contributed by atoms with Gasteiger partial charge in [-0.3, -0.25) is 9.78 Å². The smallest absolute Gasteiger partial charge is 0.280 e. The summed E-state index contributed by atoms with van der Waals surface area (Å²) in [7, 11) is 0. The second-order valence-corrected chi connectivity index (χ2v) is 6.51. The van der Waals surface area contributed by atoms with Crippen LogP contribution in [-0.4, -0.2) is 22.6 Å². The van der Waals surface area contributed by atoms with Gasteiger partial charge in [0.05, 0.1) is 0 Å². The van der Waals surface area contributed by atoms with E-state index in [0.29, 0.717) is 11.5 Å². The normalized spacial score (nSPS) is 17.1. The Labute approximate surface area is 138 Å². The first-order valence-electron chi connectivity index (χ1n) is 8.05. The maximum absolute atomic E-state index is 13.0. The predicted octanol–water partition coefficient (Wildman–Crippen LogP) is 3.43. The van der Waals surface area contributed by atoms with Crippen LogP contribution in [0, 0.1) is 0 Å². The van der Waals surface area contributed by atoms with Gasteiger partial charge in [-0.2, -0.15) is 0 Å². The zero-order valence-corrected chi connectivity index (χ0v) is 13.0. The summed E-state index contributed by atoms with van der Waals surface area (Å²) in [6.45, 7) is 0.736. The lowest BCUT2D eigenvalue weighted by molar-refractivity contribution is 0.0979. The standard InChI is InChI=1S/C19H15N3O2/c23-18(15-10-17(24-21-15)13-4-3-9-20-11-13)22-12-19(7-8-19)14-5-1-2-6-16(14)22/h1-6,9-11H,7-8,12H2. The second-order valence-electron chi connectivity index (χ2n) is 6.51. The average Bonchev–Trinajstić information content (AvgIpc) is 3.12. The van der Waals surface area contributed by atoms with Gasteiger partial charge < -0.3 is 9.42 Å². The molecule has 0 bridgehead atoms. The van der Waals surface area contributed by atoms with Gasteiger partial charge in [0.15, 0.2) is 11.5 Å². The number of hydrogen-bond acceptors (Lipinski definition) is 4. The zero-order valence-electron chi connectivity index (χ0n) is 13.0. The monoisotopic (exact) mass is 317 g/mol. The fourth-order valence-electron chi connectivity index (χ4n) is 3.55. The van der Waals surface area contributed by atoms with Crippen LogP contribution in [0.15, 0.2) is 59.4 Å². The van der Waals surface area contributed by atoms with E-state index in [0.717, 1.165) is 30.6 Å². The van der Waals surface area contributed by atoms with Gasteiger partial charge in [-0.1, -0.05) is 23.4 Å². The number of aromatic nitrogens is 2. The summed E-state index contributed by atoms with van der Waals surface area (Å²) in [6, 6.07) is 13.6. The Morgan fingerprint density at radius 3 is 2.83 bits per heavy atom. The molecule has 1 aliphatic carbocycles. The number of hydrogen-bond donors (Lipinski definition) is 0. The highest BCUT2D eigenvalue weighted by molar-refractivity contribution is 6.07. The van der Waals surface area contributed by atoms with Crippen molar-refractivity contribution in [3.8, 4) is 11.3 Å². The Morgan fingerprint density at radius 2 is 2.04 bits per heavy atom. The van der Waals surface area contributed by atoms with E-state index in [1.807, 2.05) is 35.2 Å². The van der Waals surface area contributed by atoms with Crippen LogP contribution in [-0.2, 0) is 5.41 Å². The minimum Gasteiger partial charge on any atom is -0.355 e. The molecule has 1 aromatic carbocycles. The number of carbonyl (C=O) groups excluding carboxylic acids is 1. The molecule has 1 aliphatic heterocycles. The lowest BCUT2D eigenvalue weighted by atomic mass is 9.99. The summed E-state index contributed by atoms with van der Waals surface area (Å²) in [4.78, 5) is 18.9. The van der Waals surface area contributed by atoms with Crippen LogP contribution in [0.3, 0.4) is 0 Å². The van der Waals surface area contributed by atoms with E-state index < -0.39 is 0 Å². The van der Waals surface area contributed by atoms with Crippen molar-refractivity contribution < 1.29 is 9.32 Å². The molecule has 118 valence electrons. The highest BCUT2D eigenvalue weighted by Crippen LogP contribution is 2.56. The summed E-state index contributed by atoms with van der Waals surface area (Å²) in [5.74, 6) is 0.449. The van der Waals surface area contributed by atoms with Crippen LogP contribution in [0.1, 0.15) is 28.9 Å². The number of amides is 1. The van der Waals surface area contributed by atoms with Crippen LogP contribution in [0.2, 0.25) is 0 Å². The largest absolute Gasteiger partial charge is 0.355 e. The number of benzene rings is 1. The highest BCUT2D eigenvalue weighted by atomic mass is 16.5. The molecule has 2 aromatic heterocycles. The van der Waals surface area contributed by atoms with Crippen molar-refractivity contribution in [1.29, 1.82) is 0 Å². The van der Waals surface area contributed by atoms with Crippen LogP contribution in [0.4, 0.5) is 5.69 Å². The molecule has 3 aromatic rings. The van der Waals surface area contributed by atoms with E-state index in [4.69, 9.17) is 4.52 Å². The van der Waals surface area contributed by atoms with E-state index >= 15 is 0 Å². The van der Waals surface area contributed by atoms with E-state index in [9.17, 15) is 4.79 Å². The van der Waals surface area contributed by atoms with Gasteiger partial charge in [0, 0.05) is 41.7 Å². The highest BCUT2D eigenvalue weighted by Gasteiger charge is 2.53. The molecule has 0 N–H and O–H groups in total. The topological polar surface area (TPSA) is 59.2 Å². The molecule has 0 saturated heterocycles. The Kier molecular flexibility index (Phi) is 2.68. The molecular weight excluding hydrogens is 302 g/mol. The Bertz CT molecular complexity index is 929. The van der Waals surface area contributed by atoms with Crippen LogP contribution in [0.25, 0.3) is 11.3 Å². The van der Waals surface area contributed by atoms with Gasteiger partial charge in [0.2, 0.25) is 0 Å². The third-order valence-electron chi connectivity index (χ3n) is 5.00. The maximum atomic E-state index is 13.0. The number of rotatable bonds is 2. The van der Waals surface area contributed by atoms with Crippen molar-refractivity contribution in [2.45, 2.75) is 18.3 Å². The summed E-state index contributed by atoms with van der Waals surface area (Å²) in [6.07, 6.45) is 5.68. The molecule has 1 saturated carbocycles. The number of carbonyl (C=O) groups is 1. The third kappa shape index (κ3) is 1.91. The van der Waals surface area contributed by atoms with Gasteiger partial charge in [-0.25, -0.2) is 0 Å². The van der Waals surface area contributed by atoms with Crippen LogP contribution < -0.4 is 4.90 Å². The molecular formula is C19H15N3O2. The molecule has 2 aliphatic rings. The minimum atomic E-state index is -0.106. The number of anilines is 1. The van der Waals surface area contributed by atoms with Crippen molar-refractivity contribution in [3.63, 3.8) is 0 Å². The maximum Gasteiger partial charge on any atom is 0.280 e. The number of nitrogens with zero attached hydrogens (tertiary/aromatic N) is 3. The quantitative estimate of drug-likeness (QED) is 0.726. The first kappa shape index (κ1) is 13.5. The fraction of sp³-hybridized carbons (Fsp3) is 0.211. The zero-order chi connectivity index (χ0) is 16.1. The molecule has 0 unspecified atom stereocenters. The second kappa shape index (κ2) is 4.77. The van der Waals surface area contributed by atoms with Gasteiger partial charge in [-0.05, 0) is 36.6 Å². The average molecular weight is 317 g/mol. The number of fused-ring (bicyclic) bond motifs is 2. The van der Waals surface area contributed by atoms with E-state index in [-0.39, 0.29) is 11.3 Å². The molecule has 1 fully saturated rings. The van der Waals surface area contributed by atoms with Crippen molar-refractivity contribution in [3.05, 3.63) is 66.1 Å². The van der Waals surface area contributed by atoms with E-state index in [1.165, 1.54) is 5.56 Å². The van der Waals surface area contributed by atoms with Gasteiger partial charge in [0.25, 0.3) is 5.91 Å². The van der Waals surface area contributed by atoms with E-state index in [1.54, 1.807) is 18.5 Å². The lowest BCUT2D eigenvalue weighted by Gasteiger charge is -2.15. The summed E-state index contributed by atoms with van der Waals surface area (Å²) >= 11 is 0. The van der Waals surface area contributed by atoms with Crippen molar-refractivity contribution >= 4 is 11.6 Å². The lowest BCUT2D eigenvalue weighted by Crippen LogP contribution is -2.31. The molecule has 5 nitrogen and oxygen atoms in total. The summed E-state index contributed by atoms with van der Waals surface area (Å²) < 4.78 is 5.35. The molecule has 0 atom stereocenters. The molecule has 1 spiro atoms. The van der Waals surface area contributed by atoms with Crippen LogP contribution >= 0.6 is 0 Å².